The number of ether oxygens (including phenoxy) is 2. The Morgan fingerprint density at radius 3 is 2.66 bits per heavy atom. The summed E-state index contributed by atoms with van der Waals surface area (Å²) in [4.78, 5) is 32.1. The van der Waals surface area contributed by atoms with Gasteiger partial charge in [0.05, 0.1) is 22.8 Å². The SMILES string of the molecule is Cc1nc(/C=C2\C(=O)N(Cc3ccc4c(c3)OCO4)C(=O)c3ccccc32)cs1. The molecule has 6 nitrogen and oxygen atoms in total. The third-order valence-corrected chi connectivity index (χ3v) is 5.67. The van der Waals surface area contributed by atoms with E-state index in [-0.39, 0.29) is 25.2 Å². The minimum atomic E-state index is -0.336. The predicted octanol–water partition coefficient (Wildman–Crippen LogP) is 3.90. The summed E-state index contributed by atoms with van der Waals surface area (Å²) in [5.41, 5.74) is 3.11. The van der Waals surface area contributed by atoms with Crippen molar-refractivity contribution in [3.05, 3.63) is 75.2 Å². The van der Waals surface area contributed by atoms with Crippen LogP contribution in [-0.2, 0) is 11.3 Å². The Morgan fingerprint density at radius 1 is 1.07 bits per heavy atom. The van der Waals surface area contributed by atoms with Gasteiger partial charge in [0.25, 0.3) is 11.8 Å². The van der Waals surface area contributed by atoms with E-state index in [0.717, 1.165) is 10.6 Å². The fraction of sp³-hybridized carbons (Fsp3) is 0.136. The summed E-state index contributed by atoms with van der Waals surface area (Å²) in [6, 6.07) is 12.6. The predicted molar refractivity (Wildman–Crippen MR) is 109 cm³/mol. The van der Waals surface area contributed by atoms with Crippen LogP contribution < -0.4 is 9.47 Å². The summed E-state index contributed by atoms with van der Waals surface area (Å²) < 4.78 is 10.7. The van der Waals surface area contributed by atoms with Gasteiger partial charge in [0.15, 0.2) is 11.5 Å². The molecule has 3 aromatic rings. The maximum Gasteiger partial charge on any atom is 0.261 e. The number of imide groups is 1. The van der Waals surface area contributed by atoms with Gasteiger partial charge in [0.2, 0.25) is 6.79 Å². The van der Waals surface area contributed by atoms with Crippen LogP contribution in [0.25, 0.3) is 11.6 Å². The van der Waals surface area contributed by atoms with Crippen LogP contribution in [0.4, 0.5) is 0 Å². The number of thiazole rings is 1. The molecule has 0 unspecified atom stereocenters. The molecule has 0 bridgehead atoms. The molecule has 2 aromatic carbocycles. The van der Waals surface area contributed by atoms with Gasteiger partial charge in [-0.25, -0.2) is 4.98 Å². The quantitative estimate of drug-likeness (QED) is 0.489. The third kappa shape index (κ3) is 3.09. The zero-order valence-corrected chi connectivity index (χ0v) is 16.4. The van der Waals surface area contributed by atoms with Crippen LogP contribution >= 0.6 is 11.3 Å². The smallest absolute Gasteiger partial charge is 0.261 e. The van der Waals surface area contributed by atoms with Gasteiger partial charge in [-0.3, -0.25) is 14.5 Å². The summed E-state index contributed by atoms with van der Waals surface area (Å²) in [6.45, 7) is 2.24. The normalized spacial score (nSPS) is 16.4. The van der Waals surface area contributed by atoms with Crippen LogP contribution in [0.2, 0.25) is 0 Å². The molecule has 144 valence electrons. The summed E-state index contributed by atoms with van der Waals surface area (Å²) >= 11 is 1.52. The molecule has 0 saturated carbocycles. The molecule has 0 N–H and O–H groups in total. The van der Waals surface area contributed by atoms with Gasteiger partial charge in [0.1, 0.15) is 0 Å². The Kier molecular flexibility index (Phi) is 4.17. The third-order valence-electron chi connectivity index (χ3n) is 4.88. The lowest BCUT2D eigenvalue weighted by Crippen LogP contribution is -2.41. The van der Waals surface area contributed by atoms with Gasteiger partial charge >= 0.3 is 0 Å². The molecule has 7 heteroatoms. The van der Waals surface area contributed by atoms with Crippen molar-refractivity contribution in [3.63, 3.8) is 0 Å². The molecule has 0 fully saturated rings. The molecule has 2 amide bonds. The fourth-order valence-corrected chi connectivity index (χ4v) is 4.07. The molecule has 29 heavy (non-hydrogen) atoms. The lowest BCUT2D eigenvalue weighted by molar-refractivity contribution is -0.123. The lowest BCUT2D eigenvalue weighted by atomic mass is 9.92. The van der Waals surface area contributed by atoms with E-state index in [1.165, 1.54) is 16.2 Å². The highest BCUT2D eigenvalue weighted by Gasteiger charge is 2.35. The van der Waals surface area contributed by atoms with Crippen LogP contribution in [0, 0.1) is 6.92 Å². The molecule has 3 heterocycles. The van der Waals surface area contributed by atoms with E-state index in [1.807, 2.05) is 24.4 Å². The Morgan fingerprint density at radius 2 is 1.86 bits per heavy atom. The minimum absolute atomic E-state index is 0.149. The fourth-order valence-electron chi connectivity index (χ4n) is 3.50. The summed E-state index contributed by atoms with van der Waals surface area (Å²) in [7, 11) is 0. The van der Waals surface area contributed by atoms with Crippen LogP contribution in [0.5, 0.6) is 11.5 Å². The number of benzene rings is 2. The molecule has 2 aliphatic rings. The molecule has 1 aromatic heterocycles. The number of hydrogen-bond acceptors (Lipinski definition) is 6. The molecule has 2 aliphatic heterocycles. The van der Waals surface area contributed by atoms with Crippen molar-refractivity contribution in [1.82, 2.24) is 9.88 Å². The van der Waals surface area contributed by atoms with Gasteiger partial charge < -0.3 is 9.47 Å². The second-order valence-electron chi connectivity index (χ2n) is 6.78. The molecular weight excluding hydrogens is 388 g/mol. The first-order chi connectivity index (χ1) is 14.1. The van der Waals surface area contributed by atoms with E-state index in [1.54, 1.807) is 36.4 Å². The highest BCUT2D eigenvalue weighted by Crippen LogP contribution is 2.35. The molecule has 0 saturated heterocycles. The maximum absolute atomic E-state index is 13.3. The number of carbonyl (C=O) groups is 2. The zero-order valence-electron chi connectivity index (χ0n) is 15.5. The highest BCUT2D eigenvalue weighted by atomic mass is 32.1. The number of carbonyl (C=O) groups excluding carboxylic acids is 2. The molecule has 0 atom stereocenters. The zero-order chi connectivity index (χ0) is 20.0. The van der Waals surface area contributed by atoms with Crippen molar-refractivity contribution in [3.8, 4) is 11.5 Å². The van der Waals surface area contributed by atoms with Crippen LogP contribution in [0.3, 0.4) is 0 Å². The average molecular weight is 404 g/mol. The second-order valence-corrected chi connectivity index (χ2v) is 7.84. The minimum Gasteiger partial charge on any atom is -0.454 e. The number of nitrogens with zero attached hydrogens (tertiary/aromatic N) is 2. The molecule has 0 spiro atoms. The Hall–Kier alpha value is -3.45. The number of fused-ring (bicyclic) bond motifs is 2. The lowest BCUT2D eigenvalue weighted by Gasteiger charge is -2.28. The summed E-state index contributed by atoms with van der Waals surface area (Å²) in [5, 5.41) is 2.82. The van der Waals surface area contributed by atoms with E-state index in [4.69, 9.17) is 9.47 Å². The number of rotatable bonds is 3. The van der Waals surface area contributed by atoms with Crippen molar-refractivity contribution < 1.29 is 19.1 Å². The van der Waals surface area contributed by atoms with Crippen LogP contribution in [-0.4, -0.2) is 28.5 Å². The van der Waals surface area contributed by atoms with Crippen molar-refractivity contribution in [2.45, 2.75) is 13.5 Å². The van der Waals surface area contributed by atoms with Gasteiger partial charge in [-0.15, -0.1) is 11.3 Å². The molecule has 0 aliphatic carbocycles. The summed E-state index contributed by atoms with van der Waals surface area (Å²) in [6.07, 6.45) is 1.75. The van der Waals surface area contributed by atoms with Crippen molar-refractivity contribution in [1.29, 1.82) is 0 Å². The monoisotopic (exact) mass is 404 g/mol. The van der Waals surface area contributed by atoms with Gasteiger partial charge in [-0.1, -0.05) is 24.3 Å². The molecule has 5 rings (SSSR count). The van der Waals surface area contributed by atoms with E-state index in [0.29, 0.717) is 33.9 Å². The van der Waals surface area contributed by atoms with Crippen molar-refractivity contribution in [2.75, 3.05) is 6.79 Å². The first-order valence-corrected chi connectivity index (χ1v) is 9.96. The van der Waals surface area contributed by atoms with Gasteiger partial charge in [-0.2, -0.15) is 0 Å². The number of hydrogen-bond donors (Lipinski definition) is 0. The van der Waals surface area contributed by atoms with Gasteiger partial charge in [-0.05, 0) is 36.8 Å². The molecule has 0 radical (unpaired) electrons. The highest BCUT2D eigenvalue weighted by molar-refractivity contribution is 7.09. The average Bonchev–Trinajstić information content (AvgIpc) is 3.36. The van der Waals surface area contributed by atoms with Crippen LogP contribution in [0.1, 0.15) is 32.2 Å². The standard InChI is InChI=1S/C22H16N2O4S/c1-13-23-15(11-29-13)9-18-16-4-2-3-5-17(16)21(25)24(22(18)26)10-14-6-7-19-20(8-14)28-12-27-19/h2-9,11H,10,12H2,1H3/b18-9-. The number of aromatic nitrogens is 1. The van der Waals surface area contributed by atoms with Crippen molar-refractivity contribution >= 4 is 34.8 Å². The first kappa shape index (κ1) is 17.6. The maximum atomic E-state index is 13.3. The van der Waals surface area contributed by atoms with Gasteiger partial charge in [0, 0.05) is 16.5 Å². The Bertz CT molecular complexity index is 1180. The van der Waals surface area contributed by atoms with E-state index in [2.05, 4.69) is 4.98 Å². The van der Waals surface area contributed by atoms with E-state index in [9.17, 15) is 9.59 Å². The van der Waals surface area contributed by atoms with E-state index < -0.39 is 0 Å². The Labute approximate surface area is 171 Å². The second kappa shape index (κ2) is 6.86. The van der Waals surface area contributed by atoms with Crippen molar-refractivity contribution in [2.24, 2.45) is 0 Å². The topological polar surface area (TPSA) is 68.7 Å². The largest absolute Gasteiger partial charge is 0.454 e. The van der Waals surface area contributed by atoms with Crippen LogP contribution in [0.15, 0.2) is 47.8 Å². The number of amides is 2. The molecular formula is C22H16N2O4S. The summed E-state index contributed by atoms with van der Waals surface area (Å²) in [5.74, 6) is 0.635. The number of aryl methyl sites for hydroxylation is 1. The Balaban J connectivity index is 1.55. The first-order valence-electron chi connectivity index (χ1n) is 9.08. The van der Waals surface area contributed by atoms with E-state index >= 15 is 0 Å².